The van der Waals surface area contributed by atoms with Gasteiger partial charge >= 0.3 is 6.09 Å². The van der Waals surface area contributed by atoms with E-state index >= 15 is 0 Å². The standard InChI is InChI=1S/C13H15NO3/c1-4-7-11-8-5-6-9-12(11)14(10(2)15)13(16)17-3/h4-9H,1-3H3/b7-4+. The summed E-state index contributed by atoms with van der Waals surface area (Å²) in [5.41, 5.74) is 1.31. The molecule has 0 atom stereocenters. The van der Waals surface area contributed by atoms with E-state index in [9.17, 15) is 9.59 Å². The number of benzene rings is 1. The highest BCUT2D eigenvalue weighted by Gasteiger charge is 2.22. The Morgan fingerprint density at radius 1 is 1.29 bits per heavy atom. The van der Waals surface area contributed by atoms with Crippen molar-refractivity contribution in [3.05, 3.63) is 35.9 Å². The van der Waals surface area contributed by atoms with Gasteiger partial charge in [0.2, 0.25) is 5.91 Å². The molecule has 2 amide bonds. The van der Waals surface area contributed by atoms with Crippen LogP contribution < -0.4 is 4.90 Å². The molecule has 0 aromatic heterocycles. The molecular weight excluding hydrogens is 218 g/mol. The van der Waals surface area contributed by atoms with Crippen LogP contribution >= 0.6 is 0 Å². The van der Waals surface area contributed by atoms with Crippen LogP contribution in [-0.4, -0.2) is 19.1 Å². The van der Waals surface area contributed by atoms with Gasteiger partial charge in [0.05, 0.1) is 12.8 Å². The number of allylic oxidation sites excluding steroid dienone is 1. The van der Waals surface area contributed by atoms with Gasteiger partial charge in [0, 0.05) is 6.92 Å². The molecule has 17 heavy (non-hydrogen) atoms. The molecule has 1 rings (SSSR count). The van der Waals surface area contributed by atoms with Gasteiger partial charge in [0.1, 0.15) is 0 Å². The third-order valence-electron chi connectivity index (χ3n) is 2.20. The van der Waals surface area contributed by atoms with Crippen LogP contribution in [0.2, 0.25) is 0 Å². The van der Waals surface area contributed by atoms with E-state index in [1.807, 2.05) is 31.2 Å². The van der Waals surface area contributed by atoms with Crippen LogP contribution in [0.15, 0.2) is 30.3 Å². The van der Waals surface area contributed by atoms with Crippen molar-refractivity contribution >= 4 is 23.8 Å². The van der Waals surface area contributed by atoms with Gasteiger partial charge in [-0.05, 0) is 18.6 Å². The van der Waals surface area contributed by atoms with Crippen molar-refractivity contribution in [1.82, 2.24) is 0 Å². The molecule has 1 aromatic rings. The Morgan fingerprint density at radius 3 is 2.47 bits per heavy atom. The second kappa shape index (κ2) is 5.84. The summed E-state index contributed by atoms with van der Waals surface area (Å²) >= 11 is 0. The van der Waals surface area contributed by atoms with Crippen molar-refractivity contribution in [2.24, 2.45) is 0 Å². The topological polar surface area (TPSA) is 46.6 Å². The van der Waals surface area contributed by atoms with Crippen molar-refractivity contribution in [1.29, 1.82) is 0 Å². The van der Waals surface area contributed by atoms with E-state index in [-0.39, 0.29) is 5.91 Å². The van der Waals surface area contributed by atoms with Gasteiger partial charge in [0.15, 0.2) is 0 Å². The monoisotopic (exact) mass is 233 g/mol. The van der Waals surface area contributed by atoms with Crippen molar-refractivity contribution in [3.63, 3.8) is 0 Å². The Hall–Kier alpha value is -2.10. The van der Waals surface area contributed by atoms with E-state index in [1.54, 1.807) is 12.1 Å². The van der Waals surface area contributed by atoms with Gasteiger partial charge in [-0.2, -0.15) is 0 Å². The summed E-state index contributed by atoms with van der Waals surface area (Å²) in [5, 5.41) is 0. The Labute approximate surface area is 100 Å². The highest BCUT2D eigenvalue weighted by atomic mass is 16.5. The molecule has 1 aromatic carbocycles. The van der Waals surface area contributed by atoms with Crippen LogP contribution in [0, 0.1) is 0 Å². The minimum atomic E-state index is -0.686. The fraction of sp³-hybridized carbons (Fsp3) is 0.231. The van der Waals surface area contributed by atoms with Crippen molar-refractivity contribution in [3.8, 4) is 0 Å². The van der Waals surface area contributed by atoms with Crippen molar-refractivity contribution in [2.45, 2.75) is 13.8 Å². The zero-order chi connectivity index (χ0) is 12.8. The van der Waals surface area contributed by atoms with Gasteiger partial charge in [-0.25, -0.2) is 9.69 Å². The zero-order valence-electron chi connectivity index (χ0n) is 10.1. The first-order valence-electron chi connectivity index (χ1n) is 5.22. The average Bonchev–Trinajstić information content (AvgIpc) is 2.31. The number of anilines is 1. The largest absolute Gasteiger partial charge is 0.452 e. The third-order valence-corrected chi connectivity index (χ3v) is 2.20. The van der Waals surface area contributed by atoms with Crippen LogP contribution in [-0.2, 0) is 9.53 Å². The zero-order valence-corrected chi connectivity index (χ0v) is 10.1. The molecule has 0 saturated carbocycles. The molecule has 4 nitrogen and oxygen atoms in total. The predicted molar refractivity (Wildman–Crippen MR) is 66.7 cm³/mol. The quantitative estimate of drug-likeness (QED) is 0.789. The number of para-hydroxylation sites is 1. The summed E-state index contributed by atoms with van der Waals surface area (Å²) in [7, 11) is 1.25. The van der Waals surface area contributed by atoms with Gasteiger partial charge in [0.25, 0.3) is 0 Å². The lowest BCUT2D eigenvalue weighted by Gasteiger charge is -2.19. The van der Waals surface area contributed by atoms with Crippen molar-refractivity contribution in [2.75, 3.05) is 12.0 Å². The number of nitrogens with zero attached hydrogens (tertiary/aromatic N) is 1. The minimum Gasteiger partial charge on any atom is -0.452 e. The molecule has 0 aliphatic rings. The van der Waals surface area contributed by atoms with E-state index in [0.29, 0.717) is 5.69 Å². The van der Waals surface area contributed by atoms with Gasteiger partial charge in [-0.15, -0.1) is 0 Å². The van der Waals surface area contributed by atoms with Gasteiger partial charge < -0.3 is 4.74 Å². The molecule has 90 valence electrons. The smallest absolute Gasteiger partial charge is 0.420 e. The maximum absolute atomic E-state index is 11.6. The maximum atomic E-state index is 11.6. The molecule has 0 bridgehead atoms. The van der Waals surface area contributed by atoms with Crippen molar-refractivity contribution < 1.29 is 14.3 Å². The lowest BCUT2D eigenvalue weighted by molar-refractivity contribution is -0.116. The molecule has 4 heteroatoms. The Bertz CT molecular complexity index is 452. The minimum absolute atomic E-state index is 0.381. The predicted octanol–water partition coefficient (Wildman–Crippen LogP) is 2.84. The Morgan fingerprint density at radius 2 is 1.94 bits per heavy atom. The van der Waals surface area contributed by atoms with Crippen LogP contribution in [0.4, 0.5) is 10.5 Å². The Kier molecular flexibility index (Phi) is 4.46. The number of hydrogen-bond acceptors (Lipinski definition) is 3. The van der Waals surface area contributed by atoms with Gasteiger partial charge in [-0.1, -0.05) is 30.4 Å². The molecule has 0 aliphatic heterocycles. The lowest BCUT2D eigenvalue weighted by atomic mass is 10.1. The number of methoxy groups -OCH3 is 1. The third kappa shape index (κ3) is 2.93. The summed E-state index contributed by atoms with van der Waals surface area (Å²) in [4.78, 5) is 24.1. The van der Waals surface area contributed by atoms with Crippen LogP contribution in [0.25, 0.3) is 6.08 Å². The fourth-order valence-electron chi connectivity index (χ4n) is 1.50. The number of imide groups is 1. The summed E-state index contributed by atoms with van der Waals surface area (Å²) < 4.78 is 4.60. The molecule has 0 aliphatic carbocycles. The van der Waals surface area contributed by atoms with Crippen LogP contribution in [0.1, 0.15) is 19.4 Å². The lowest BCUT2D eigenvalue weighted by Crippen LogP contribution is -2.35. The van der Waals surface area contributed by atoms with E-state index in [2.05, 4.69) is 4.74 Å². The molecule has 0 heterocycles. The van der Waals surface area contributed by atoms with Gasteiger partial charge in [-0.3, -0.25) is 4.79 Å². The van der Waals surface area contributed by atoms with E-state index in [1.165, 1.54) is 14.0 Å². The second-order valence-electron chi connectivity index (χ2n) is 3.38. The first-order valence-corrected chi connectivity index (χ1v) is 5.22. The first kappa shape index (κ1) is 13.0. The number of hydrogen-bond donors (Lipinski definition) is 0. The normalized spacial score (nSPS) is 10.3. The van der Waals surface area contributed by atoms with Crippen LogP contribution in [0.5, 0.6) is 0 Å². The number of carbonyl (C=O) groups is 2. The summed E-state index contributed by atoms with van der Waals surface area (Å²) in [6.45, 7) is 3.19. The molecule has 0 fully saturated rings. The average molecular weight is 233 g/mol. The fourth-order valence-corrected chi connectivity index (χ4v) is 1.50. The second-order valence-corrected chi connectivity index (χ2v) is 3.38. The van der Waals surface area contributed by atoms with E-state index in [4.69, 9.17) is 0 Å². The summed E-state index contributed by atoms with van der Waals surface area (Å²) in [5.74, 6) is -0.381. The molecule has 0 radical (unpaired) electrons. The highest BCUT2D eigenvalue weighted by Crippen LogP contribution is 2.22. The van der Waals surface area contributed by atoms with E-state index in [0.717, 1.165) is 10.5 Å². The van der Waals surface area contributed by atoms with E-state index < -0.39 is 6.09 Å². The number of rotatable bonds is 2. The molecule has 0 spiro atoms. The Balaban J connectivity index is 3.27. The SMILES string of the molecule is C/C=C/c1ccccc1N(C(C)=O)C(=O)OC. The molecule has 0 saturated heterocycles. The first-order chi connectivity index (χ1) is 8.11. The highest BCUT2D eigenvalue weighted by molar-refractivity contribution is 6.12. The molecule has 0 N–H and O–H groups in total. The summed E-state index contributed by atoms with van der Waals surface area (Å²) in [6, 6.07) is 7.14. The molecule has 0 unspecified atom stereocenters. The number of carbonyl (C=O) groups excluding carboxylic acids is 2. The summed E-state index contributed by atoms with van der Waals surface area (Å²) in [6.07, 6.45) is 2.98. The number of ether oxygens (including phenoxy) is 1. The maximum Gasteiger partial charge on any atom is 0.420 e. The van der Waals surface area contributed by atoms with Crippen LogP contribution in [0.3, 0.4) is 0 Å². The number of amides is 2. The molecular formula is C13H15NO3.